The largest absolute Gasteiger partial charge is 0.444 e. The maximum Gasteiger partial charge on any atom is 0.416 e. The molecule has 144 valence electrons. The quantitative estimate of drug-likeness (QED) is 0.701. The molecule has 2 aromatic rings. The molecule has 1 aliphatic heterocycles. The molecular weight excluding hydrogens is 429 g/mol. The first-order chi connectivity index (χ1) is 12.8. The number of amides is 2. The molecule has 1 fully saturated rings. The summed E-state index contributed by atoms with van der Waals surface area (Å²) in [6, 6.07) is 7.36. The Labute approximate surface area is 161 Å². The normalized spacial score (nSPS) is 15.6. The van der Waals surface area contributed by atoms with Crippen LogP contribution in [0.3, 0.4) is 0 Å². The van der Waals surface area contributed by atoms with Gasteiger partial charge < -0.3 is 14.2 Å². The van der Waals surface area contributed by atoms with E-state index >= 15 is 0 Å². The highest BCUT2D eigenvalue weighted by Crippen LogP contribution is 2.29. The molecule has 0 saturated carbocycles. The molecule has 9 heteroatoms. The molecule has 3 rings (SSSR count). The molecular formula is C18H16BrF3N2O3. The van der Waals surface area contributed by atoms with Crippen LogP contribution < -0.4 is 0 Å². The van der Waals surface area contributed by atoms with E-state index in [0.717, 1.165) is 12.1 Å². The minimum absolute atomic E-state index is 0.192. The predicted molar refractivity (Wildman–Crippen MR) is 94.3 cm³/mol. The number of benzene rings is 1. The van der Waals surface area contributed by atoms with Crippen LogP contribution in [0.2, 0.25) is 0 Å². The lowest BCUT2D eigenvalue weighted by molar-refractivity contribution is -0.137. The summed E-state index contributed by atoms with van der Waals surface area (Å²) in [5.74, 6) is -0.396. The van der Waals surface area contributed by atoms with Crippen molar-refractivity contribution in [3.05, 3.63) is 58.0 Å². The van der Waals surface area contributed by atoms with E-state index in [1.807, 2.05) is 0 Å². The second-order valence-electron chi connectivity index (χ2n) is 6.12. The first-order valence-corrected chi connectivity index (χ1v) is 9.06. The fourth-order valence-corrected chi connectivity index (χ4v) is 3.20. The first-order valence-electron chi connectivity index (χ1n) is 8.27. The average molecular weight is 445 g/mol. The number of carbonyl (C=O) groups is 2. The Hall–Kier alpha value is -2.29. The van der Waals surface area contributed by atoms with Gasteiger partial charge in [0.05, 0.1) is 5.56 Å². The van der Waals surface area contributed by atoms with E-state index in [1.54, 1.807) is 21.9 Å². The van der Waals surface area contributed by atoms with E-state index in [4.69, 9.17) is 4.42 Å². The van der Waals surface area contributed by atoms with E-state index in [9.17, 15) is 22.8 Å². The molecule has 1 saturated heterocycles. The van der Waals surface area contributed by atoms with E-state index in [-0.39, 0.29) is 23.1 Å². The highest BCUT2D eigenvalue weighted by atomic mass is 79.9. The number of halogens is 4. The van der Waals surface area contributed by atoms with Gasteiger partial charge in [0.25, 0.3) is 11.8 Å². The third kappa shape index (κ3) is 4.52. The molecule has 1 aromatic heterocycles. The maximum atomic E-state index is 12.6. The lowest BCUT2D eigenvalue weighted by Crippen LogP contribution is -2.37. The summed E-state index contributed by atoms with van der Waals surface area (Å²) in [4.78, 5) is 28.2. The SMILES string of the molecule is O=C(c1ccc(C(F)(F)F)cc1)N1CCCN(C(=O)c2ccc(Br)o2)CC1. The summed E-state index contributed by atoms with van der Waals surface area (Å²) in [6.07, 6.45) is -3.87. The van der Waals surface area contributed by atoms with Crippen molar-refractivity contribution >= 4 is 27.7 Å². The standard InChI is InChI=1S/C18H16BrF3N2O3/c19-15-7-6-14(27-15)17(26)24-9-1-8-23(10-11-24)16(25)12-2-4-13(5-3-12)18(20,21)22/h2-7H,1,8-11H2. The average Bonchev–Trinajstić information content (AvgIpc) is 2.92. The van der Waals surface area contributed by atoms with Gasteiger partial charge in [0.2, 0.25) is 0 Å². The van der Waals surface area contributed by atoms with Gasteiger partial charge in [-0.05, 0) is 58.7 Å². The minimum atomic E-state index is -4.44. The number of hydrogen-bond donors (Lipinski definition) is 0. The molecule has 5 nitrogen and oxygen atoms in total. The number of nitrogens with zero attached hydrogens (tertiary/aromatic N) is 2. The second kappa shape index (κ2) is 7.75. The summed E-state index contributed by atoms with van der Waals surface area (Å²) in [5.41, 5.74) is -0.603. The van der Waals surface area contributed by atoms with Crippen LogP contribution in [0.4, 0.5) is 13.2 Å². The molecule has 0 bridgehead atoms. The molecule has 27 heavy (non-hydrogen) atoms. The monoisotopic (exact) mass is 444 g/mol. The summed E-state index contributed by atoms with van der Waals surface area (Å²) in [5, 5.41) is 0. The van der Waals surface area contributed by atoms with Gasteiger partial charge in [0, 0.05) is 31.7 Å². The minimum Gasteiger partial charge on any atom is -0.444 e. The molecule has 0 aliphatic carbocycles. The molecule has 1 aliphatic rings. The Balaban J connectivity index is 1.65. The summed E-state index contributed by atoms with van der Waals surface area (Å²) < 4.78 is 43.7. The van der Waals surface area contributed by atoms with Crippen molar-refractivity contribution < 1.29 is 27.2 Å². The van der Waals surface area contributed by atoms with Crippen molar-refractivity contribution in [2.45, 2.75) is 12.6 Å². The van der Waals surface area contributed by atoms with E-state index in [1.165, 1.54) is 12.1 Å². The zero-order valence-electron chi connectivity index (χ0n) is 14.1. The van der Waals surface area contributed by atoms with Gasteiger partial charge in [-0.3, -0.25) is 9.59 Å². The van der Waals surface area contributed by atoms with Crippen LogP contribution in [0.25, 0.3) is 0 Å². The van der Waals surface area contributed by atoms with Crippen LogP contribution in [-0.4, -0.2) is 47.8 Å². The summed E-state index contributed by atoms with van der Waals surface area (Å²) in [7, 11) is 0. The fourth-order valence-electron chi connectivity index (χ4n) is 2.89. The van der Waals surface area contributed by atoms with Gasteiger partial charge in [-0.15, -0.1) is 0 Å². The molecule has 2 heterocycles. The van der Waals surface area contributed by atoms with Crippen molar-refractivity contribution in [2.75, 3.05) is 26.2 Å². The highest BCUT2D eigenvalue weighted by molar-refractivity contribution is 9.10. The van der Waals surface area contributed by atoms with E-state index in [0.29, 0.717) is 37.3 Å². The van der Waals surface area contributed by atoms with Gasteiger partial charge in [0.15, 0.2) is 10.4 Å². The number of alkyl halides is 3. The van der Waals surface area contributed by atoms with Gasteiger partial charge in [-0.1, -0.05) is 0 Å². The van der Waals surface area contributed by atoms with E-state index in [2.05, 4.69) is 15.9 Å². The zero-order chi connectivity index (χ0) is 19.6. The molecule has 0 N–H and O–H groups in total. The van der Waals surface area contributed by atoms with Gasteiger partial charge in [-0.2, -0.15) is 13.2 Å². The van der Waals surface area contributed by atoms with Crippen LogP contribution in [0.1, 0.15) is 32.9 Å². The predicted octanol–water partition coefficient (Wildman–Crippen LogP) is 4.05. The van der Waals surface area contributed by atoms with Crippen LogP contribution in [0.15, 0.2) is 45.5 Å². The lowest BCUT2D eigenvalue weighted by Gasteiger charge is -2.22. The van der Waals surface area contributed by atoms with E-state index < -0.39 is 11.7 Å². The molecule has 0 atom stereocenters. The van der Waals surface area contributed by atoms with Crippen molar-refractivity contribution in [1.29, 1.82) is 0 Å². The topological polar surface area (TPSA) is 53.8 Å². The van der Waals surface area contributed by atoms with Crippen molar-refractivity contribution in [3.63, 3.8) is 0 Å². The van der Waals surface area contributed by atoms with Crippen LogP contribution >= 0.6 is 15.9 Å². The zero-order valence-corrected chi connectivity index (χ0v) is 15.7. The smallest absolute Gasteiger partial charge is 0.416 e. The summed E-state index contributed by atoms with van der Waals surface area (Å²) >= 11 is 3.15. The molecule has 1 aromatic carbocycles. The summed E-state index contributed by atoms with van der Waals surface area (Å²) in [6.45, 7) is 1.51. The van der Waals surface area contributed by atoms with Crippen molar-refractivity contribution in [3.8, 4) is 0 Å². The van der Waals surface area contributed by atoms with Crippen molar-refractivity contribution in [1.82, 2.24) is 9.80 Å². The molecule has 0 unspecified atom stereocenters. The molecule has 0 radical (unpaired) electrons. The van der Waals surface area contributed by atoms with Crippen LogP contribution in [-0.2, 0) is 6.18 Å². The number of rotatable bonds is 2. The Bertz CT molecular complexity index is 833. The third-order valence-corrected chi connectivity index (χ3v) is 4.74. The number of carbonyl (C=O) groups excluding carboxylic acids is 2. The highest BCUT2D eigenvalue weighted by Gasteiger charge is 2.31. The Morgan fingerprint density at radius 3 is 2.00 bits per heavy atom. The van der Waals surface area contributed by atoms with Crippen LogP contribution in [0.5, 0.6) is 0 Å². The maximum absolute atomic E-state index is 12.6. The second-order valence-corrected chi connectivity index (χ2v) is 6.90. The first kappa shape index (κ1) is 19.5. The number of furan rings is 1. The Morgan fingerprint density at radius 1 is 0.889 bits per heavy atom. The Kier molecular flexibility index (Phi) is 5.59. The third-order valence-electron chi connectivity index (χ3n) is 4.31. The van der Waals surface area contributed by atoms with Gasteiger partial charge in [-0.25, -0.2) is 0 Å². The molecule has 0 spiro atoms. The number of hydrogen-bond acceptors (Lipinski definition) is 3. The lowest BCUT2D eigenvalue weighted by atomic mass is 10.1. The van der Waals surface area contributed by atoms with Crippen LogP contribution in [0, 0.1) is 0 Å². The van der Waals surface area contributed by atoms with Gasteiger partial charge >= 0.3 is 6.18 Å². The van der Waals surface area contributed by atoms with Gasteiger partial charge in [0.1, 0.15) is 0 Å². The Morgan fingerprint density at radius 2 is 1.48 bits per heavy atom. The fraction of sp³-hybridized carbons (Fsp3) is 0.333. The molecule has 2 amide bonds. The van der Waals surface area contributed by atoms with Crippen molar-refractivity contribution in [2.24, 2.45) is 0 Å².